The minimum Gasteiger partial charge on any atom is -0.378 e. The van der Waals surface area contributed by atoms with Crippen LogP contribution in [-0.4, -0.2) is 58.6 Å². The summed E-state index contributed by atoms with van der Waals surface area (Å²) in [6.07, 6.45) is 2.37. The summed E-state index contributed by atoms with van der Waals surface area (Å²) < 4.78 is 5.38. The van der Waals surface area contributed by atoms with Gasteiger partial charge in [0.05, 0.1) is 35.9 Å². The summed E-state index contributed by atoms with van der Waals surface area (Å²) in [5.74, 6) is 0.764. The van der Waals surface area contributed by atoms with E-state index in [1.165, 1.54) is 16.0 Å². The number of ether oxygens (including phenoxy) is 1. The molecule has 2 amide bonds. The van der Waals surface area contributed by atoms with E-state index in [-0.39, 0.29) is 6.03 Å². The second kappa shape index (κ2) is 8.26. The van der Waals surface area contributed by atoms with Crippen LogP contribution < -0.4 is 5.32 Å². The highest BCUT2D eigenvalue weighted by molar-refractivity contribution is 7.19. The summed E-state index contributed by atoms with van der Waals surface area (Å²) >= 11 is 8.13. The number of rotatable bonds is 2. The van der Waals surface area contributed by atoms with Gasteiger partial charge in [-0.2, -0.15) is 0 Å². The Kier molecular flexibility index (Phi) is 5.45. The van der Waals surface area contributed by atoms with Gasteiger partial charge in [-0.05, 0) is 49.1 Å². The number of aromatic nitrogens is 2. The molecule has 5 rings (SSSR count). The van der Waals surface area contributed by atoms with Crippen molar-refractivity contribution >= 4 is 50.7 Å². The highest BCUT2D eigenvalue weighted by Gasteiger charge is 2.29. The summed E-state index contributed by atoms with van der Waals surface area (Å²) in [4.78, 5) is 27.9. The zero-order valence-corrected chi connectivity index (χ0v) is 19.1. The lowest BCUT2D eigenvalue weighted by Crippen LogP contribution is -2.49. The molecule has 0 bridgehead atoms. The van der Waals surface area contributed by atoms with Crippen LogP contribution in [0.2, 0.25) is 5.02 Å². The standard InChI is InChI=1S/C22H24ClN5O2S/c1-13-9-16(23)17(10-14(13)2)26-20-19-15-3-4-28(22(29)27-5-7-30-8-6-27)11-18(15)31-21(19)25-12-24-20/h9-10,12H,3-8,11H2,1-2H3,(H,24,25,26). The summed E-state index contributed by atoms with van der Waals surface area (Å²) in [6, 6.07) is 4.11. The molecule has 0 radical (unpaired) electrons. The number of hydrogen-bond acceptors (Lipinski definition) is 6. The van der Waals surface area contributed by atoms with E-state index in [1.54, 1.807) is 17.7 Å². The number of anilines is 2. The molecule has 162 valence electrons. The van der Waals surface area contributed by atoms with Crippen molar-refractivity contribution in [1.82, 2.24) is 19.8 Å². The number of carbonyl (C=O) groups is 1. The molecule has 1 fully saturated rings. The topological polar surface area (TPSA) is 70.6 Å². The first kappa shape index (κ1) is 20.5. The third kappa shape index (κ3) is 3.84. The molecular formula is C22H24ClN5O2S. The van der Waals surface area contributed by atoms with E-state index in [0.29, 0.717) is 44.4 Å². The molecule has 0 unspecified atom stereocenters. The van der Waals surface area contributed by atoms with E-state index in [0.717, 1.165) is 33.7 Å². The van der Waals surface area contributed by atoms with E-state index >= 15 is 0 Å². The number of nitrogens with one attached hydrogen (secondary N) is 1. The number of amides is 2. The fourth-order valence-electron chi connectivity index (χ4n) is 4.14. The van der Waals surface area contributed by atoms with Crippen molar-refractivity contribution in [3.8, 4) is 0 Å². The number of benzene rings is 1. The van der Waals surface area contributed by atoms with Crippen molar-refractivity contribution in [2.75, 3.05) is 38.2 Å². The lowest BCUT2D eigenvalue weighted by molar-refractivity contribution is 0.0423. The van der Waals surface area contributed by atoms with Crippen LogP contribution >= 0.6 is 22.9 Å². The maximum atomic E-state index is 12.9. The third-order valence-electron chi connectivity index (χ3n) is 6.03. The van der Waals surface area contributed by atoms with E-state index < -0.39 is 0 Å². The lowest BCUT2D eigenvalue weighted by Gasteiger charge is -2.34. The fourth-order valence-corrected chi connectivity index (χ4v) is 5.61. The minimum absolute atomic E-state index is 0.0951. The van der Waals surface area contributed by atoms with Gasteiger partial charge in [-0.25, -0.2) is 14.8 Å². The molecule has 1 N–H and O–H groups in total. The molecule has 2 aliphatic rings. The zero-order valence-electron chi connectivity index (χ0n) is 17.6. The van der Waals surface area contributed by atoms with Crippen LogP contribution in [-0.2, 0) is 17.7 Å². The number of thiophene rings is 1. The molecular weight excluding hydrogens is 434 g/mol. The molecule has 2 aromatic heterocycles. The highest BCUT2D eigenvalue weighted by Crippen LogP contribution is 2.39. The van der Waals surface area contributed by atoms with Gasteiger partial charge < -0.3 is 19.9 Å². The quantitative estimate of drug-likeness (QED) is 0.612. The van der Waals surface area contributed by atoms with Crippen LogP contribution in [0.25, 0.3) is 10.2 Å². The van der Waals surface area contributed by atoms with Crippen LogP contribution in [0.5, 0.6) is 0 Å². The Labute approximate surface area is 190 Å². The van der Waals surface area contributed by atoms with E-state index in [4.69, 9.17) is 16.3 Å². The maximum Gasteiger partial charge on any atom is 0.320 e. The Morgan fingerprint density at radius 2 is 1.90 bits per heavy atom. The van der Waals surface area contributed by atoms with E-state index in [2.05, 4.69) is 22.2 Å². The van der Waals surface area contributed by atoms with Crippen molar-refractivity contribution in [2.24, 2.45) is 0 Å². The molecule has 0 atom stereocenters. The Balaban J connectivity index is 1.44. The number of halogens is 1. The van der Waals surface area contributed by atoms with Crippen molar-refractivity contribution in [3.05, 3.63) is 45.1 Å². The van der Waals surface area contributed by atoms with Gasteiger partial charge in [-0.15, -0.1) is 11.3 Å². The predicted molar refractivity (Wildman–Crippen MR) is 124 cm³/mol. The van der Waals surface area contributed by atoms with Gasteiger partial charge in [-0.1, -0.05) is 11.6 Å². The maximum absolute atomic E-state index is 12.9. The summed E-state index contributed by atoms with van der Waals surface area (Å²) in [6.45, 7) is 7.95. The Hall–Kier alpha value is -2.42. The summed E-state index contributed by atoms with van der Waals surface area (Å²) in [5, 5.41) is 5.13. The van der Waals surface area contributed by atoms with Gasteiger partial charge in [-0.3, -0.25) is 0 Å². The monoisotopic (exact) mass is 457 g/mol. The number of urea groups is 1. The first-order chi connectivity index (χ1) is 15.0. The Morgan fingerprint density at radius 3 is 2.71 bits per heavy atom. The summed E-state index contributed by atoms with van der Waals surface area (Å²) in [5.41, 5.74) is 4.39. The average Bonchev–Trinajstić information content (AvgIpc) is 3.16. The first-order valence-corrected chi connectivity index (χ1v) is 11.6. The van der Waals surface area contributed by atoms with Crippen LogP contribution in [0.1, 0.15) is 21.6 Å². The number of hydrogen-bond donors (Lipinski definition) is 1. The van der Waals surface area contributed by atoms with E-state index in [1.807, 2.05) is 28.9 Å². The highest BCUT2D eigenvalue weighted by atomic mass is 35.5. The molecule has 0 aliphatic carbocycles. The first-order valence-electron chi connectivity index (χ1n) is 10.4. The van der Waals surface area contributed by atoms with Gasteiger partial charge in [0.2, 0.25) is 0 Å². The van der Waals surface area contributed by atoms with Crippen LogP contribution in [0.4, 0.5) is 16.3 Å². The predicted octanol–water partition coefficient (Wildman–Crippen LogP) is 4.52. The van der Waals surface area contributed by atoms with Gasteiger partial charge in [0.1, 0.15) is 17.0 Å². The van der Waals surface area contributed by atoms with Crippen molar-refractivity contribution in [2.45, 2.75) is 26.8 Å². The molecule has 7 nitrogen and oxygen atoms in total. The van der Waals surface area contributed by atoms with Crippen LogP contribution in [0, 0.1) is 13.8 Å². The molecule has 0 spiro atoms. The summed E-state index contributed by atoms with van der Waals surface area (Å²) in [7, 11) is 0. The molecule has 0 saturated carbocycles. The van der Waals surface area contributed by atoms with Crippen molar-refractivity contribution in [3.63, 3.8) is 0 Å². The molecule has 1 saturated heterocycles. The second-order valence-corrected chi connectivity index (χ2v) is 9.49. The van der Waals surface area contributed by atoms with Gasteiger partial charge in [0.25, 0.3) is 0 Å². The molecule has 1 aromatic carbocycles. The van der Waals surface area contributed by atoms with Crippen molar-refractivity contribution < 1.29 is 9.53 Å². The van der Waals surface area contributed by atoms with Gasteiger partial charge >= 0.3 is 6.03 Å². The van der Waals surface area contributed by atoms with Gasteiger partial charge in [0.15, 0.2) is 0 Å². The number of fused-ring (bicyclic) bond motifs is 3. The zero-order chi connectivity index (χ0) is 21.5. The second-order valence-electron chi connectivity index (χ2n) is 8.00. The molecule has 9 heteroatoms. The number of morpholine rings is 1. The van der Waals surface area contributed by atoms with Gasteiger partial charge in [0, 0.05) is 24.5 Å². The number of carbonyl (C=O) groups excluding carboxylic acids is 1. The molecule has 2 aliphatic heterocycles. The van der Waals surface area contributed by atoms with Crippen molar-refractivity contribution in [1.29, 1.82) is 0 Å². The molecule has 31 heavy (non-hydrogen) atoms. The van der Waals surface area contributed by atoms with Crippen LogP contribution in [0.3, 0.4) is 0 Å². The normalized spacial score (nSPS) is 16.5. The Bertz CT molecular complexity index is 1160. The number of nitrogens with zero attached hydrogens (tertiary/aromatic N) is 4. The van der Waals surface area contributed by atoms with Crippen LogP contribution in [0.15, 0.2) is 18.5 Å². The molecule has 3 aromatic rings. The Morgan fingerprint density at radius 1 is 1.13 bits per heavy atom. The fraction of sp³-hybridized carbons (Fsp3) is 0.409. The largest absolute Gasteiger partial charge is 0.378 e. The SMILES string of the molecule is Cc1cc(Cl)c(Nc2ncnc3sc4c(c23)CCN(C(=O)N2CCOCC2)C4)cc1C. The average molecular weight is 458 g/mol. The lowest BCUT2D eigenvalue weighted by atomic mass is 10.0. The smallest absolute Gasteiger partial charge is 0.320 e. The number of aryl methyl sites for hydroxylation is 2. The van der Waals surface area contributed by atoms with E-state index in [9.17, 15) is 4.79 Å². The molecule has 4 heterocycles. The third-order valence-corrected chi connectivity index (χ3v) is 7.46. The minimum atomic E-state index is 0.0951.